The number of hydrogen-bond acceptors (Lipinski definition) is 3. The lowest BCUT2D eigenvalue weighted by atomic mass is 10.1. The van der Waals surface area contributed by atoms with Crippen LogP contribution in [0.1, 0.15) is 30.7 Å². The van der Waals surface area contributed by atoms with Crippen LogP contribution >= 0.6 is 11.6 Å². The zero-order valence-corrected chi connectivity index (χ0v) is 13.9. The van der Waals surface area contributed by atoms with Gasteiger partial charge in [0.1, 0.15) is 5.76 Å². The Morgan fingerprint density at radius 2 is 2.00 bits per heavy atom. The summed E-state index contributed by atoms with van der Waals surface area (Å²) >= 11 is 6.43. The number of rotatable bonds is 6. The normalized spacial score (nSPS) is 11.1. The number of halogens is 1. The van der Waals surface area contributed by atoms with Gasteiger partial charge in [0.15, 0.2) is 0 Å². The molecule has 0 atom stereocenters. The van der Waals surface area contributed by atoms with Crippen LogP contribution in [-0.4, -0.2) is 13.1 Å². The number of para-hydroxylation sites is 1. The Labute approximate surface area is 131 Å². The van der Waals surface area contributed by atoms with E-state index >= 15 is 0 Å². The van der Waals surface area contributed by atoms with Crippen LogP contribution in [-0.2, 0) is 13.1 Å². The van der Waals surface area contributed by atoms with Crippen molar-refractivity contribution in [3.63, 3.8) is 0 Å². The van der Waals surface area contributed by atoms with Crippen molar-refractivity contribution in [1.82, 2.24) is 5.32 Å². The molecule has 0 aliphatic rings. The van der Waals surface area contributed by atoms with Crippen LogP contribution in [0.5, 0.6) is 0 Å². The zero-order chi connectivity index (χ0) is 15.4. The smallest absolute Gasteiger partial charge is 0.105 e. The molecule has 0 aliphatic heterocycles. The first kappa shape index (κ1) is 15.9. The molecule has 1 N–H and O–H groups in total. The summed E-state index contributed by atoms with van der Waals surface area (Å²) in [7, 11) is 2.06. The summed E-state index contributed by atoms with van der Waals surface area (Å²) in [5.74, 6) is 0.954. The minimum atomic E-state index is 0.443. The van der Waals surface area contributed by atoms with Gasteiger partial charge in [-0.15, -0.1) is 0 Å². The summed E-state index contributed by atoms with van der Waals surface area (Å²) < 4.78 is 5.37. The molecule has 0 saturated heterocycles. The second-order valence-electron chi connectivity index (χ2n) is 5.64. The van der Waals surface area contributed by atoms with Gasteiger partial charge < -0.3 is 14.6 Å². The molecule has 1 aromatic carbocycles. The van der Waals surface area contributed by atoms with Crippen molar-refractivity contribution < 1.29 is 4.42 Å². The quantitative estimate of drug-likeness (QED) is 0.858. The molecule has 21 heavy (non-hydrogen) atoms. The molecule has 1 heterocycles. The van der Waals surface area contributed by atoms with Crippen molar-refractivity contribution in [1.29, 1.82) is 0 Å². The van der Waals surface area contributed by atoms with E-state index in [-0.39, 0.29) is 0 Å². The number of anilines is 1. The Kier molecular flexibility index (Phi) is 5.32. The lowest BCUT2D eigenvalue weighted by molar-refractivity contribution is 0.529. The molecule has 0 unspecified atom stereocenters. The lowest BCUT2D eigenvalue weighted by Gasteiger charge is -2.24. The number of nitrogens with zero attached hydrogens (tertiary/aromatic N) is 1. The van der Waals surface area contributed by atoms with E-state index in [2.05, 4.69) is 37.2 Å². The third-order valence-corrected chi connectivity index (χ3v) is 3.83. The minimum absolute atomic E-state index is 0.443. The van der Waals surface area contributed by atoms with Crippen molar-refractivity contribution in [3.8, 4) is 0 Å². The highest BCUT2D eigenvalue weighted by molar-refractivity contribution is 6.33. The molecule has 0 radical (unpaired) electrons. The topological polar surface area (TPSA) is 28.4 Å². The summed E-state index contributed by atoms with van der Waals surface area (Å²) in [6.45, 7) is 7.85. The first-order valence-corrected chi connectivity index (χ1v) is 7.61. The van der Waals surface area contributed by atoms with Crippen molar-refractivity contribution in [2.75, 3.05) is 11.9 Å². The van der Waals surface area contributed by atoms with Crippen molar-refractivity contribution in [2.45, 2.75) is 39.9 Å². The highest BCUT2D eigenvalue weighted by Crippen LogP contribution is 2.30. The molecule has 4 heteroatoms. The molecule has 0 fully saturated rings. The molecule has 0 amide bonds. The first-order valence-electron chi connectivity index (χ1n) is 7.24. The van der Waals surface area contributed by atoms with E-state index in [0.29, 0.717) is 6.04 Å². The molecule has 2 aromatic rings. The Balaban J connectivity index is 2.22. The molecule has 114 valence electrons. The molecule has 0 aliphatic carbocycles. The Hall–Kier alpha value is -1.45. The average molecular weight is 307 g/mol. The second kappa shape index (κ2) is 7.01. The van der Waals surface area contributed by atoms with E-state index in [1.807, 2.05) is 25.1 Å². The Bertz CT molecular complexity index is 592. The number of furan rings is 1. The molecule has 0 bridgehead atoms. The van der Waals surface area contributed by atoms with Crippen LogP contribution < -0.4 is 10.2 Å². The summed E-state index contributed by atoms with van der Waals surface area (Å²) in [4.78, 5) is 2.18. The molecule has 0 saturated carbocycles. The van der Waals surface area contributed by atoms with E-state index < -0.39 is 0 Å². The van der Waals surface area contributed by atoms with Crippen LogP contribution in [0, 0.1) is 6.92 Å². The van der Waals surface area contributed by atoms with Crippen molar-refractivity contribution >= 4 is 17.3 Å². The van der Waals surface area contributed by atoms with E-state index in [4.69, 9.17) is 16.0 Å². The van der Waals surface area contributed by atoms with E-state index in [1.165, 1.54) is 11.1 Å². The maximum absolute atomic E-state index is 6.43. The lowest BCUT2D eigenvalue weighted by Crippen LogP contribution is -2.25. The van der Waals surface area contributed by atoms with Crippen molar-refractivity contribution in [2.24, 2.45) is 0 Å². The molecule has 3 nitrogen and oxygen atoms in total. The van der Waals surface area contributed by atoms with Crippen molar-refractivity contribution in [3.05, 3.63) is 52.4 Å². The van der Waals surface area contributed by atoms with Gasteiger partial charge in [-0.2, -0.15) is 0 Å². The fourth-order valence-electron chi connectivity index (χ4n) is 2.35. The van der Waals surface area contributed by atoms with Gasteiger partial charge in [0.05, 0.1) is 17.0 Å². The second-order valence-corrected chi connectivity index (χ2v) is 6.05. The fourth-order valence-corrected chi connectivity index (χ4v) is 2.69. The SMILES string of the molecule is Cc1occc1CN(C)c1c(Cl)cccc1CNC(C)C. The van der Waals surface area contributed by atoms with Gasteiger partial charge in [0.25, 0.3) is 0 Å². The van der Waals surface area contributed by atoms with E-state index in [1.54, 1.807) is 6.26 Å². The average Bonchev–Trinajstić information content (AvgIpc) is 2.81. The molecule has 0 spiro atoms. The molecular weight excluding hydrogens is 284 g/mol. The minimum Gasteiger partial charge on any atom is -0.469 e. The summed E-state index contributed by atoms with van der Waals surface area (Å²) in [5.41, 5.74) is 3.47. The molecular formula is C17H23ClN2O. The van der Waals surface area contributed by atoms with Crippen LogP contribution in [0.25, 0.3) is 0 Å². The van der Waals surface area contributed by atoms with Crippen LogP contribution in [0.3, 0.4) is 0 Å². The fraction of sp³-hybridized carbons (Fsp3) is 0.412. The number of aryl methyl sites for hydroxylation is 1. The van der Waals surface area contributed by atoms with Gasteiger partial charge in [-0.05, 0) is 24.6 Å². The standard InChI is InChI=1S/C17H23ClN2O/c1-12(2)19-10-14-6-5-7-16(18)17(14)20(4)11-15-8-9-21-13(15)3/h5-9,12,19H,10-11H2,1-4H3. The molecule has 1 aromatic heterocycles. The predicted molar refractivity (Wildman–Crippen MR) is 89.0 cm³/mol. The predicted octanol–water partition coefficient (Wildman–Crippen LogP) is 4.38. The van der Waals surface area contributed by atoms with E-state index in [0.717, 1.165) is 29.6 Å². The molecule has 2 rings (SSSR count). The first-order chi connectivity index (χ1) is 9.99. The van der Waals surface area contributed by atoms with Gasteiger partial charge in [-0.3, -0.25) is 0 Å². The maximum atomic E-state index is 6.43. The third kappa shape index (κ3) is 4.02. The summed E-state index contributed by atoms with van der Waals surface area (Å²) in [6, 6.07) is 8.51. The monoisotopic (exact) mass is 306 g/mol. The number of hydrogen-bond donors (Lipinski definition) is 1. The van der Waals surface area contributed by atoms with Gasteiger partial charge in [-0.1, -0.05) is 37.6 Å². The van der Waals surface area contributed by atoms with Crippen LogP contribution in [0.15, 0.2) is 34.9 Å². The van der Waals surface area contributed by atoms with E-state index in [9.17, 15) is 0 Å². The summed E-state index contributed by atoms with van der Waals surface area (Å²) in [5, 5.41) is 4.23. The largest absolute Gasteiger partial charge is 0.469 e. The van der Waals surface area contributed by atoms with Crippen LogP contribution in [0.2, 0.25) is 5.02 Å². The van der Waals surface area contributed by atoms with Crippen LogP contribution in [0.4, 0.5) is 5.69 Å². The maximum Gasteiger partial charge on any atom is 0.105 e. The van der Waals surface area contributed by atoms with Gasteiger partial charge in [0.2, 0.25) is 0 Å². The van der Waals surface area contributed by atoms with Gasteiger partial charge in [-0.25, -0.2) is 0 Å². The number of benzene rings is 1. The highest BCUT2D eigenvalue weighted by Gasteiger charge is 2.14. The van der Waals surface area contributed by atoms with Gasteiger partial charge >= 0.3 is 0 Å². The zero-order valence-electron chi connectivity index (χ0n) is 13.1. The number of nitrogens with one attached hydrogen (secondary N) is 1. The van der Waals surface area contributed by atoms with Gasteiger partial charge in [0, 0.05) is 31.7 Å². The Morgan fingerprint density at radius 3 is 2.62 bits per heavy atom. The summed E-state index contributed by atoms with van der Waals surface area (Å²) in [6.07, 6.45) is 1.73. The Morgan fingerprint density at radius 1 is 1.24 bits per heavy atom. The third-order valence-electron chi connectivity index (χ3n) is 3.53. The highest BCUT2D eigenvalue weighted by atomic mass is 35.5.